The van der Waals surface area contributed by atoms with Crippen LogP contribution in [0.4, 0.5) is 0 Å². The van der Waals surface area contributed by atoms with Gasteiger partial charge in [-0.05, 0) is 37.3 Å². The van der Waals surface area contributed by atoms with E-state index >= 15 is 0 Å². The maximum atomic E-state index is 12.8. The number of aromatic nitrogens is 1. The Hall–Kier alpha value is -2.41. The van der Waals surface area contributed by atoms with Crippen molar-refractivity contribution in [2.75, 3.05) is 20.2 Å². The van der Waals surface area contributed by atoms with Crippen LogP contribution in [0.15, 0.2) is 29.6 Å². The van der Waals surface area contributed by atoms with E-state index in [4.69, 9.17) is 9.84 Å². The number of rotatable bonds is 6. The highest BCUT2D eigenvalue weighted by atomic mass is 32.1. The lowest BCUT2D eigenvalue weighted by Gasteiger charge is -2.32. The zero-order valence-electron chi connectivity index (χ0n) is 14.7. The predicted octanol–water partition coefficient (Wildman–Crippen LogP) is 3.54. The maximum absolute atomic E-state index is 12.8. The van der Waals surface area contributed by atoms with Gasteiger partial charge in [0.05, 0.1) is 12.7 Å². The first kappa shape index (κ1) is 18.4. The molecule has 3 rings (SSSR count). The molecule has 0 radical (unpaired) electrons. The molecule has 1 saturated heterocycles. The number of benzene rings is 1. The predicted molar refractivity (Wildman–Crippen MR) is 99.6 cm³/mol. The van der Waals surface area contributed by atoms with Gasteiger partial charge in [0.2, 0.25) is 0 Å². The van der Waals surface area contributed by atoms with Gasteiger partial charge in [0, 0.05) is 24.9 Å². The van der Waals surface area contributed by atoms with Gasteiger partial charge in [0.25, 0.3) is 5.91 Å². The van der Waals surface area contributed by atoms with Gasteiger partial charge in [-0.3, -0.25) is 9.59 Å². The molecule has 6 nitrogen and oxygen atoms in total. The zero-order chi connectivity index (χ0) is 18.5. The average Bonchev–Trinajstić information content (AvgIpc) is 3.16. The molecule has 1 unspecified atom stereocenters. The molecule has 1 amide bonds. The summed E-state index contributed by atoms with van der Waals surface area (Å²) in [5.74, 6) is 0.112. The molecule has 1 aliphatic rings. The normalized spacial score (nSPS) is 17.1. The Kier molecular flexibility index (Phi) is 5.88. The number of piperidine rings is 1. The Morgan fingerprint density at radius 1 is 1.38 bits per heavy atom. The lowest BCUT2D eigenvalue weighted by molar-refractivity contribution is -0.137. The van der Waals surface area contributed by atoms with Crippen molar-refractivity contribution in [1.29, 1.82) is 0 Å². The number of para-hydroxylation sites is 1. The quantitative estimate of drug-likeness (QED) is 0.837. The minimum absolute atomic E-state index is 0.0811. The van der Waals surface area contributed by atoms with Crippen LogP contribution in [-0.2, 0) is 4.79 Å². The smallest absolute Gasteiger partial charge is 0.303 e. The third kappa shape index (κ3) is 4.22. The van der Waals surface area contributed by atoms with Crippen LogP contribution in [0, 0.1) is 5.92 Å². The third-order valence-electron chi connectivity index (χ3n) is 4.63. The van der Waals surface area contributed by atoms with Gasteiger partial charge < -0.3 is 14.7 Å². The average molecular weight is 374 g/mol. The summed E-state index contributed by atoms with van der Waals surface area (Å²) >= 11 is 1.42. The maximum Gasteiger partial charge on any atom is 0.303 e. The van der Waals surface area contributed by atoms with Gasteiger partial charge in [-0.1, -0.05) is 12.1 Å². The number of aliphatic carboxylic acids is 1. The third-order valence-corrected chi connectivity index (χ3v) is 5.51. The summed E-state index contributed by atoms with van der Waals surface area (Å²) in [6, 6.07) is 7.61. The summed E-state index contributed by atoms with van der Waals surface area (Å²) in [6.45, 7) is 1.30. The van der Waals surface area contributed by atoms with Gasteiger partial charge >= 0.3 is 5.97 Å². The van der Waals surface area contributed by atoms with E-state index in [2.05, 4.69) is 4.98 Å². The number of carbonyl (C=O) groups excluding carboxylic acids is 1. The van der Waals surface area contributed by atoms with Gasteiger partial charge in [-0.25, -0.2) is 4.98 Å². The van der Waals surface area contributed by atoms with E-state index in [-0.39, 0.29) is 18.2 Å². The summed E-state index contributed by atoms with van der Waals surface area (Å²) in [4.78, 5) is 29.9. The minimum Gasteiger partial charge on any atom is -0.496 e. The van der Waals surface area contributed by atoms with Crippen LogP contribution in [0.5, 0.6) is 5.75 Å². The number of hydrogen-bond donors (Lipinski definition) is 1. The van der Waals surface area contributed by atoms with Gasteiger partial charge in [0.15, 0.2) is 0 Å². The zero-order valence-corrected chi connectivity index (χ0v) is 15.5. The number of hydrogen-bond acceptors (Lipinski definition) is 5. The van der Waals surface area contributed by atoms with Crippen molar-refractivity contribution < 1.29 is 19.4 Å². The molecule has 0 bridgehead atoms. The number of likely N-dealkylation sites (tertiary alicyclic amines) is 1. The molecule has 1 N–H and O–H groups in total. The van der Waals surface area contributed by atoms with Crippen LogP contribution >= 0.6 is 11.3 Å². The van der Waals surface area contributed by atoms with E-state index < -0.39 is 5.97 Å². The molecule has 2 aromatic rings. The van der Waals surface area contributed by atoms with Crippen molar-refractivity contribution in [3.8, 4) is 16.3 Å². The summed E-state index contributed by atoms with van der Waals surface area (Å²) in [6.07, 6.45) is 2.64. The van der Waals surface area contributed by atoms with Crippen molar-refractivity contribution in [3.63, 3.8) is 0 Å². The second-order valence-electron chi connectivity index (χ2n) is 6.43. The lowest BCUT2D eigenvalue weighted by Crippen LogP contribution is -2.40. The standard InChI is InChI=1S/C19H22N2O4S/c1-25-16-7-3-2-6-14(16)18-20-15(12-26-18)19(24)21-10-4-5-13(11-21)8-9-17(22)23/h2-3,6-7,12-13H,4-5,8-11H2,1H3,(H,22,23). The van der Waals surface area contributed by atoms with Crippen LogP contribution in [0.25, 0.3) is 10.6 Å². The number of carbonyl (C=O) groups is 2. The molecule has 1 aliphatic heterocycles. The molecule has 0 spiro atoms. The highest BCUT2D eigenvalue weighted by Gasteiger charge is 2.26. The van der Waals surface area contributed by atoms with E-state index in [1.54, 1.807) is 17.4 Å². The molecule has 1 fully saturated rings. The molecular weight excluding hydrogens is 352 g/mol. The number of amides is 1. The van der Waals surface area contributed by atoms with Crippen molar-refractivity contribution in [2.45, 2.75) is 25.7 Å². The number of thiazole rings is 1. The summed E-state index contributed by atoms with van der Waals surface area (Å²) < 4.78 is 5.37. The molecule has 26 heavy (non-hydrogen) atoms. The number of carboxylic acids is 1. The number of nitrogens with zero attached hydrogens (tertiary/aromatic N) is 2. The fourth-order valence-electron chi connectivity index (χ4n) is 3.29. The second kappa shape index (κ2) is 8.31. The Morgan fingerprint density at radius 2 is 2.19 bits per heavy atom. The van der Waals surface area contributed by atoms with E-state index in [1.807, 2.05) is 24.3 Å². The molecular formula is C19H22N2O4S. The second-order valence-corrected chi connectivity index (χ2v) is 7.29. The Balaban J connectivity index is 1.70. The first-order valence-electron chi connectivity index (χ1n) is 8.68. The highest BCUT2D eigenvalue weighted by Crippen LogP contribution is 2.32. The van der Waals surface area contributed by atoms with E-state index in [1.165, 1.54) is 11.3 Å². The Labute approximate surface area is 156 Å². The molecule has 0 aliphatic carbocycles. The Bertz CT molecular complexity index is 789. The summed E-state index contributed by atoms with van der Waals surface area (Å²) in [5.41, 5.74) is 1.31. The Morgan fingerprint density at radius 3 is 2.96 bits per heavy atom. The monoisotopic (exact) mass is 374 g/mol. The van der Waals surface area contributed by atoms with E-state index in [9.17, 15) is 9.59 Å². The van der Waals surface area contributed by atoms with Crippen molar-refractivity contribution in [2.24, 2.45) is 5.92 Å². The molecule has 138 valence electrons. The number of ether oxygens (including phenoxy) is 1. The number of methoxy groups -OCH3 is 1. The minimum atomic E-state index is -0.783. The first-order chi connectivity index (χ1) is 12.6. The largest absolute Gasteiger partial charge is 0.496 e. The van der Waals surface area contributed by atoms with Crippen LogP contribution in [0.2, 0.25) is 0 Å². The molecule has 7 heteroatoms. The topological polar surface area (TPSA) is 79.7 Å². The van der Waals surface area contributed by atoms with E-state index in [0.717, 1.165) is 29.2 Å². The fourth-order valence-corrected chi connectivity index (χ4v) is 4.12. The van der Waals surface area contributed by atoms with Crippen LogP contribution < -0.4 is 4.74 Å². The SMILES string of the molecule is COc1ccccc1-c1nc(C(=O)N2CCCC(CCC(=O)O)C2)cs1. The lowest BCUT2D eigenvalue weighted by atomic mass is 9.93. The first-order valence-corrected chi connectivity index (χ1v) is 9.56. The van der Waals surface area contributed by atoms with Crippen LogP contribution in [-0.4, -0.2) is 47.1 Å². The summed E-state index contributed by atoms with van der Waals surface area (Å²) in [7, 11) is 1.61. The van der Waals surface area contributed by atoms with Gasteiger partial charge in [0.1, 0.15) is 16.5 Å². The van der Waals surface area contributed by atoms with Crippen molar-refractivity contribution >= 4 is 23.2 Å². The molecule has 1 atom stereocenters. The molecule has 1 aromatic heterocycles. The van der Waals surface area contributed by atoms with Gasteiger partial charge in [-0.2, -0.15) is 0 Å². The van der Waals surface area contributed by atoms with E-state index in [0.29, 0.717) is 25.2 Å². The van der Waals surface area contributed by atoms with Crippen molar-refractivity contribution in [1.82, 2.24) is 9.88 Å². The van der Waals surface area contributed by atoms with Crippen LogP contribution in [0.1, 0.15) is 36.2 Å². The highest BCUT2D eigenvalue weighted by molar-refractivity contribution is 7.13. The molecule has 1 aromatic carbocycles. The number of carboxylic acid groups (broad SMARTS) is 1. The summed E-state index contributed by atoms with van der Waals surface area (Å²) in [5, 5.41) is 11.4. The fraction of sp³-hybridized carbons (Fsp3) is 0.421. The molecule has 2 heterocycles. The van der Waals surface area contributed by atoms with Crippen molar-refractivity contribution in [3.05, 3.63) is 35.3 Å². The van der Waals surface area contributed by atoms with Crippen LogP contribution in [0.3, 0.4) is 0 Å². The van der Waals surface area contributed by atoms with Gasteiger partial charge in [-0.15, -0.1) is 11.3 Å². The molecule has 0 saturated carbocycles.